The van der Waals surface area contributed by atoms with Crippen LogP contribution in [0.25, 0.3) is 0 Å². The average molecular weight is 224 g/mol. The highest BCUT2D eigenvalue weighted by atomic mass is 32.2. The molecule has 0 spiro atoms. The number of nitrogens with zero attached hydrogens (tertiary/aromatic N) is 2. The van der Waals surface area contributed by atoms with Crippen LogP contribution in [-0.4, -0.2) is 20.3 Å². The van der Waals surface area contributed by atoms with Crippen molar-refractivity contribution in [3.8, 4) is 5.88 Å². The Morgan fingerprint density at radius 3 is 2.80 bits per heavy atom. The first-order valence-electron chi connectivity index (χ1n) is 5.33. The molecule has 3 nitrogen and oxygen atoms in total. The van der Waals surface area contributed by atoms with Gasteiger partial charge in [-0.3, -0.25) is 0 Å². The van der Waals surface area contributed by atoms with Gasteiger partial charge in [0.25, 0.3) is 0 Å². The molecule has 0 saturated heterocycles. The van der Waals surface area contributed by atoms with Crippen LogP contribution in [0, 0.1) is 0 Å². The van der Waals surface area contributed by atoms with Gasteiger partial charge in [-0.2, -0.15) is 16.7 Å². The molecule has 15 heavy (non-hydrogen) atoms. The third kappa shape index (κ3) is 3.09. The van der Waals surface area contributed by atoms with Gasteiger partial charge in [0.15, 0.2) is 0 Å². The predicted molar refractivity (Wildman–Crippen MR) is 62.1 cm³/mol. The van der Waals surface area contributed by atoms with E-state index in [2.05, 4.69) is 23.8 Å². The Balaban J connectivity index is 2.09. The summed E-state index contributed by atoms with van der Waals surface area (Å²) < 4.78 is 0. The van der Waals surface area contributed by atoms with Crippen LogP contribution in [-0.2, 0) is 5.75 Å². The molecule has 0 atom stereocenters. The van der Waals surface area contributed by atoms with E-state index in [1.807, 2.05) is 11.8 Å². The van der Waals surface area contributed by atoms with E-state index in [0.717, 1.165) is 17.3 Å². The molecule has 1 aliphatic carbocycles. The number of hydrogen-bond donors (Lipinski definition) is 1. The second-order valence-electron chi connectivity index (χ2n) is 4.21. The van der Waals surface area contributed by atoms with Crippen molar-refractivity contribution in [3.63, 3.8) is 0 Å². The first-order chi connectivity index (χ1) is 7.15. The van der Waals surface area contributed by atoms with E-state index in [1.54, 1.807) is 6.07 Å². The van der Waals surface area contributed by atoms with Crippen LogP contribution in [0.3, 0.4) is 0 Å². The van der Waals surface area contributed by atoms with Crippen molar-refractivity contribution in [2.45, 2.75) is 43.6 Å². The van der Waals surface area contributed by atoms with Gasteiger partial charge in [0.2, 0.25) is 5.88 Å². The zero-order chi connectivity index (χ0) is 10.8. The van der Waals surface area contributed by atoms with Gasteiger partial charge in [-0.05, 0) is 18.1 Å². The number of hydrogen-bond acceptors (Lipinski definition) is 4. The smallest absolute Gasteiger partial charge is 0.214 e. The van der Waals surface area contributed by atoms with Crippen LogP contribution in [0.1, 0.15) is 44.1 Å². The van der Waals surface area contributed by atoms with Crippen molar-refractivity contribution < 1.29 is 5.11 Å². The molecule has 0 radical (unpaired) electrons. The lowest BCUT2D eigenvalue weighted by Crippen LogP contribution is -1.98. The fourth-order valence-corrected chi connectivity index (χ4v) is 2.01. The highest BCUT2D eigenvalue weighted by Gasteiger charge is 2.27. The topological polar surface area (TPSA) is 46.0 Å². The summed E-state index contributed by atoms with van der Waals surface area (Å²) in [6, 6.07) is 1.67. The molecule has 82 valence electrons. The van der Waals surface area contributed by atoms with Crippen molar-refractivity contribution in [2.75, 3.05) is 0 Å². The predicted octanol–water partition coefficient (Wildman–Crippen LogP) is 2.70. The van der Waals surface area contributed by atoms with Gasteiger partial charge >= 0.3 is 0 Å². The van der Waals surface area contributed by atoms with E-state index in [9.17, 15) is 5.11 Å². The molecule has 1 aromatic heterocycles. The average Bonchev–Trinajstić information content (AvgIpc) is 2.97. The van der Waals surface area contributed by atoms with E-state index in [1.165, 1.54) is 12.8 Å². The molecule has 1 aliphatic rings. The van der Waals surface area contributed by atoms with Crippen LogP contribution in [0.15, 0.2) is 6.07 Å². The van der Waals surface area contributed by atoms with Gasteiger partial charge in [0.05, 0.1) is 5.69 Å². The molecule has 0 aliphatic heterocycles. The van der Waals surface area contributed by atoms with Gasteiger partial charge in [-0.1, -0.05) is 13.8 Å². The Bertz CT molecular complexity index is 350. The molecule has 0 unspecified atom stereocenters. The van der Waals surface area contributed by atoms with Gasteiger partial charge in [-0.25, -0.2) is 4.98 Å². The van der Waals surface area contributed by atoms with Crippen LogP contribution in [0.2, 0.25) is 0 Å². The third-order valence-corrected chi connectivity index (χ3v) is 3.42. The second-order valence-corrected chi connectivity index (χ2v) is 5.77. The molecular formula is C11H16N2OS. The maximum absolute atomic E-state index is 9.48. The van der Waals surface area contributed by atoms with E-state index < -0.39 is 0 Å². The van der Waals surface area contributed by atoms with Crippen LogP contribution >= 0.6 is 11.8 Å². The number of rotatable bonds is 4. The minimum Gasteiger partial charge on any atom is -0.493 e. The van der Waals surface area contributed by atoms with Gasteiger partial charge in [0.1, 0.15) is 5.82 Å². The molecule has 4 heteroatoms. The van der Waals surface area contributed by atoms with E-state index in [4.69, 9.17) is 0 Å². The van der Waals surface area contributed by atoms with Crippen molar-refractivity contribution in [1.29, 1.82) is 0 Å². The Kier molecular flexibility index (Phi) is 3.14. The summed E-state index contributed by atoms with van der Waals surface area (Å²) in [5.41, 5.74) is 0.947. The molecule has 2 rings (SSSR count). The van der Waals surface area contributed by atoms with Crippen LogP contribution < -0.4 is 0 Å². The van der Waals surface area contributed by atoms with E-state index >= 15 is 0 Å². The first kappa shape index (κ1) is 10.7. The number of aromatic nitrogens is 2. The number of thioether (sulfide) groups is 1. The maximum atomic E-state index is 9.48. The molecule has 0 amide bonds. The molecule has 1 heterocycles. The molecule has 1 N–H and O–H groups in total. The highest BCUT2D eigenvalue weighted by molar-refractivity contribution is 7.99. The Labute approximate surface area is 94.3 Å². The SMILES string of the molecule is CC(C)SCc1cc(O)nc(C2CC2)n1. The van der Waals surface area contributed by atoms with Crippen molar-refractivity contribution >= 4 is 11.8 Å². The largest absolute Gasteiger partial charge is 0.493 e. The Morgan fingerprint density at radius 2 is 2.20 bits per heavy atom. The van der Waals surface area contributed by atoms with Gasteiger partial charge in [0, 0.05) is 17.7 Å². The summed E-state index contributed by atoms with van der Waals surface area (Å²) in [4.78, 5) is 8.53. The summed E-state index contributed by atoms with van der Waals surface area (Å²) in [6.07, 6.45) is 2.33. The second kappa shape index (κ2) is 4.39. The van der Waals surface area contributed by atoms with Crippen molar-refractivity contribution in [3.05, 3.63) is 17.6 Å². The maximum Gasteiger partial charge on any atom is 0.214 e. The molecule has 0 aromatic carbocycles. The quantitative estimate of drug-likeness (QED) is 0.854. The molecular weight excluding hydrogens is 208 g/mol. The normalized spacial score (nSPS) is 15.9. The van der Waals surface area contributed by atoms with Crippen LogP contribution in [0.4, 0.5) is 0 Å². The van der Waals surface area contributed by atoms with E-state index in [0.29, 0.717) is 11.2 Å². The summed E-state index contributed by atoms with van der Waals surface area (Å²) in [6.45, 7) is 4.32. The van der Waals surface area contributed by atoms with Crippen LogP contribution in [0.5, 0.6) is 5.88 Å². The highest BCUT2D eigenvalue weighted by Crippen LogP contribution is 2.38. The van der Waals surface area contributed by atoms with Crippen molar-refractivity contribution in [2.24, 2.45) is 0 Å². The lowest BCUT2D eigenvalue weighted by Gasteiger charge is -2.06. The Hall–Kier alpha value is -0.770. The standard InChI is InChI=1S/C11H16N2OS/c1-7(2)15-6-9-5-10(14)13-11(12-9)8-3-4-8/h5,7-8H,3-4,6H2,1-2H3,(H,12,13,14). The fraction of sp³-hybridized carbons (Fsp3) is 0.636. The lowest BCUT2D eigenvalue weighted by molar-refractivity contribution is 0.447. The van der Waals surface area contributed by atoms with Gasteiger partial charge < -0.3 is 5.11 Å². The summed E-state index contributed by atoms with van der Waals surface area (Å²) >= 11 is 1.83. The zero-order valence-electron chi connectivity index (χ0n) is 9.10. The lowest BCUT2D eigenvalue weighted by atomic mass is 10.3. The summed E-state index contributed by atoms with van der Waals surface area (Å²) in [7, 11) is 0. The van der Waals surface area contributed by atoms with Crippen molar-refractivity contribution in [1.82, 2.24) is 9.97 Å². The minimum absolute atomic E-state index is 0.117. The zero-order valence-corrected chi connectivity index (χ0v) is 9.92. The van der Waals surface area contributed by atoms with E-state index in [-0.39, 0.29) is 5.88 Å². The van der Waals surface area contributed by atoms with Gasteiger partial charge in [-0.15, -0.1) is 0 Å². The monoisotopic (exact) mass is 224 g/mol. The molecule has 0 bridgehead atoms. The molecule has 1 saturated carbocycles. The minimum atomic E-state index is 0.117. The third-order valence-electron chi connectivity index (χ3n) is 2.29. The summed E-state index contributed by atoms with van der Waals surface area (Å²) in [5.74, 6) is 2.30. The summed E-state index contributed by atoms with van der Waals surface area (Å²) in [5, 5.41) is 10.1. The fourth-order valence-electron chi connectivity index (χ4n) is 1.35. The Morgan fingerprint density at radius 1 is 1.47 bits per heavy atom. The molecule has 1 fully saturated rings. The number of aromatic hydroxyl groups is 1. The first-order valence-corrected chi connectivity index (χ1v) is 6.38. The molecule has 1 aromatic rings.